The molecule has 0 unspecified atom stereocenters. The topological polar surface area (TPSA) is 38.3 Å². The van der Waals surface area contributed by atoms with Crippen molar-refractivity contribution in [3.63, 3.8) is 0 Å². The number of para-hydroxylation sites is 1. The van der Waals surface area contributed by atoms with Gasteiger partial charge in [-0.3, -0.25) is 4.79 Å². The molecule has 14 heavy (non-hydrogen) atoms. The van der Waals surface area contributed by atoms with E-state index in [0.717, 1.165) is 24.2 Å². The number of benzene rings is 1. The predicted octanol–water partition coefficient (Wildman–Crippen LogP) is 1.23. The van der Waals surface area contributed by atoms with Crippen LogP contribution in [0.2, 0.25) is 0 Å². The molecule has 1 fully saturated rings. The average Bonchev–Trinajstić information content (AvgIpc) is 2.98. The maximum Gasteiger partial charge on any atom is 0.264 e. The molecule has 0 aromatic heterocycles. The Labute approximate surface area is 82.1 Å². The van der Waals surface area contributed by atoms with Crippen LogP contribution in [0.3, 0.4) is 0 Å². The van der Waals surface area contributed by atoms with Crippen LogP contribution in [0, 0.1) is 0 Å². The van der Waals surface area contributed by atoms with E-state index in [0.29, 0.717) is 6.54 Å². The molecule has 1 N–H and O–H groups in total. The molecule has 3 heteroatoms. The van der Waals surface area contributed by atoms with Crippen molar-refractivity contribution in [3.8, 4) is 5.75 Å². The third kappa shape index (κ3) is 1.02. The number of amides is 1. The summed E-state index contributed by atoms with van der Waals surface area (Å²) in [7, 11) is 0. The molecule has 72 valence electrons. The van der Waals surface area contributed by atoms with Gasteiger partial charge in [0.15, 0.2) is 5.60 Å². The molecule has 1 heterocycles. The second-order valence-electron chi connectivity index (χ2n) is 3.89. The number of hydrogen-bond donors (Lipinski definition) is 1. The van der Waals surface area contributed by atoms with Gasteiger partial charge in [0.2, 0.25) is 0 Å². The highest BCUT2D eigenvalue weighted by atomic mass is 16.5. The van der Waals surface area contributed by atoms with Crippen molar-refractivity contribution in [2.75, 3.05) is 0 Å². The van der Waals surface area contributed by atoms with Crippen molar-refractivity contribution in [3.05, 3.63) is 29.8 Å². The van der Waals surface area contributed by atoms with Gasteiger partial charge in [-0.1, -0.05) is 18.2 Å². The van der Waals surface area contributed by atoms with Crippen LogP contribution in [-0.4, -0.2) is 11.5 Å². The van der Waals surface area contributed by atoms with Crippen molar-refractivity contribution in [2.24, 2.45) is 0 Å². The third-order valence-electron chi connectivity index (χ3n) is 2.84. The van der Waals surface area contributed by atoms with Crippen LogP contribution < -0.4 is 10.1 Å². The first-order chi connectivity index (χ1) is 6.80. The highest BCUT2D eigenvalue weighted by Crippen LogP contribution is 2.42. The Kier molecular flexibility index (Phi) is 1.40. The van der Waals surface area contributed by atoms with Crippen molar-refractivity contribution >= 4 is 5.91 Å². The average molecular weight is 189 g/mol. The summed E-state index contributed by atoms with van der Waals surface area (Å²) in [6, 6.07) is 7.80. The van der Waals surface area contributed by atoms with E-state index in [1.165, 1.54) is 0 Å². The van der Waals surface area contributed by atoms with Crippen molar-refractivity contribution < 1.29 is 9.53 Å². The number of hydrogen-bond acceptors (Lipinski definition) is 2. The molecule has 1 aromatic carbocycles. The normalized spacial score (nSPS) is 21.9. The Morgan fingerprint density at radius 3 is 2.86 bits per heavy atom. The summed E-state index contributed by atoms with van der Waals surface area (Å²) in [4.78, 5) is 11.6. The van der Waals surface area contributed by atoms with Gasteiger partial charge in [-0.2, -0.15) is 0 Å². The molecule has 1 saturated carbocycles. The maximum absolute atomic E-state index is 11.6. The Bertz CT molecular complexity index is 396. The monoisotopic (exact) mass is 189 g/mol. The highest BCUT2D eigenvalue weighted by molar-refractivity contribution is 5.89. The highest BCUT2D eigenvalue weighted by Gasteiger charge is 2.53. The fourth-order valence-electron chi connectivity index (χ4n) is 1.79. The van der Waals surface area contributed by atoms with E-state index in [1.807, 2.05) is 24.3 Å². The molecule has 0 saturated heterocycles. The quantitative estimate of drug-likeness (QED) is 0.666. The molecule has 3 rings (SSSR count). The van der Waals surface area contributed by atoms with Crippen LogP contribution in [0.25, 0.3) is 0 Å². The summed E-state index contributed by atoms with van der Waals surface area (Å²) in [5.41, 5.74) is 0.525. The smallest absolute Gasteiger partial charge is 0.264 e. The molecule has 3 nitrogen and oxygen atoms in total. The fourth-order valence-corrected chi connectivity index (χ4v) is 1.79. The molecule has 1 amide bonds. The summed E-state index contributed by atoms with van der Waals surface area (Å²) < 4.78 is 5.76. The number of carbonyl (C=O) groups excluding carboxylic acids is 1. The summed E-state index contributed by atoms with van der Waals surface area (Å²) in [6.07, 6.45) is 1.68. The first-order valence-electron chi connectivity index (χ1n) is 4.85. The lowest BCUT2D eigenvalue weighted by Crippen LogP contribution is -2.37. The van der Waals surface area contributed by atoms with Crippen molar-refractivity contribution in [2.45, 2.75) is 25.0 Å². The maximum atomic E-state index is 11.6. The van der Waals surface area contributed by atoms with Gasteiger partial charge < -0.3 is 10.1 Å². The van der Waals surface area contributed by atoms with Gasteiger partial charge in [0.05, 0.1) is 0 Å². The Balaban J connectivity index is 2.03. The molecule has 2 aliphatic rings. The van der Waals surface area contributed by atoms with Crippen molar-refractivity contribution in [1.82, 2.24) is 5.32 Å². The van der Waals surface area contributed by atoms with E-state index >= 15 is 0 Å². The summed E-state index contributed by atoms with van der Waals surface area (Å²) >= 11 is 0. The Morgan fingerprint density at radius 1 is 1.29 bits per heavy atom. The second kappa shape index (κ2) is 2.50. The molecule has 0 atom stereocenters. The van der Waals surface area contributed by atoms with Crippen molar-refractivity contribution in [1.29, 1.82) is 0 Å². The van der Waals surface area contributed by atoms with E-state index in [-0.39, 0.29) is 5.91 Å². The Morgan fingerprint density at radius 2 is 2.07 bits per heavy atom. The lowest BCUT2D eigenvalue weighted by Gasteiger charge is -2.13. The summed E-state index contributed by atoms with van der Waals surface area (Å²) in [6.45, 7) is 0.580. The minimum absolute atomic E-state index is 0.0358. The van der Waals surface area contributed by atoms with E-state index in [2.05, 4.69) is 5.32 Å². The van der Waals surface area contributed by atoms with E-state index in [1.54, 1.807) is 0 Å². The summed E-state index contributed by atoms with van der Waals surface area (Å²) in [5.74, 6) is 0.886. The van der Waals surface area contributed by atoms with Crippen LogP contribution in [0.4, 0.5) is 0 Å². The molecular formula is C11H11NO2. The van der Waals surface area contributed by atoms with E-state index < -0.39 is 5.60 Å². The van der Waals surface area contributed by atoms with Gasteiger partial charge in [0.25, 0.3) is 5.91 Å². The van der Waals surface area contributed by atoms with Gasteiger partial charge in [-0.15, -0.1) is 0 Å². The molecule has 0 radical (unpaired) electrons. The first kappa shape index (κ1) is 7.85. The predicted molar refractivity (Wildman–Crippen MR) is 50.9 cm³/mol. The van der Waals surface area contributed by atoms with Crippen LogP contribution in [0.15, 0.2) is 24.3 Å². The minimum atomic E-state index is -0.535. The zero-order valence-electron chi connectivity index (χ0n) is 7.75. The fraction of sp³-hybridized carbons (Fsp3) is 0.364. The van der Waals surface area contributed by atoms with Gasteiger partial charge in [0, 0.05) is 24.9 Å². The number of rotatable bonds is 0. The van der Waals surface area contributed by atoms with E-state index in [9.17, 15) is 4.79 Å². The van der Waals surface area contributed by atoms with Gasteiger partial charge in [0.1, 0.15) is 5.75 Å². The molecule has 1 spiro atoms. The van der Waals surface area contributed by atoms with Crippen LogP contribution >= 0.6 is 0 Å². The largest absolute Gasteiger partial charge is 0.477 e. The SMILES string of the molecule is O=C1NCc2ccccc2OC12CC2. The number of fused-ring (bicyclic) bond motifs is 1. The molecular weight excluding hydrogens is 178 g/mol. The number of carbonyl (C=O) groups is 1. The van der Waals surface area contributed by atoms with Crippen LogP contribution in [0.1, 0.15) is 18.4 Å². The lowest BCUT2D eigenvalue weighted by molar-refractivity contribution is -0.129. The molecule has 0 bridgehead atoms. The molecule has 1 aliphatic carbocycles. The zero-order chi connectivity index (χ0) is 9.60. The van der Waals surface area contributed by atoms with Gasteiger partial charge in [-0.05, 0) is 6.07 Å². The second-order valence-corrected chi connectivity index (χ2v) is 3.89. The third-order valence-corrected chi connectivity index (χ3v) is 2.84. The number of ether oxygens (including phenoxy) is 1. The van der Waals surface area contributed by atoms with Crippen LogP contribution in [-0.2, 0) is 11.3 Å². The molecule has 1 aliphatic heterocycles. The van der Waals surface area contributed by atoms with Crippen LogP contribution in [0.5, 0.6) is 5.75 Å². The van der Waals surface area contributed by atoms with E-state index in [4.69, 9.17) is 4.74 Å². The zero-order valence-corrected chi connectivity index (χ0v) is 7.75. The minimum Gasteiger partial charge on any atom is -0.477 e. The Hall–Kier alpha value is -1.51. The lowest BCUT2D eigenvalue weighted by atomic mass is 10.2. The van der Waals surface area contributed by atoms with Gasteiger partial charge in [-0.25, -0.2) is 0 Å². The van der Waals surface area contributed by atoms with Gasteiger partial charge >= 0.3 is 0 Å². The molecule has 1 aromatic rings. The number of nitrogens with one attached hydrogen (secondary N) is 1. The standard InChI is InChI=1S/C11H11NO2/c13-10-11(5-6-11)14-9-4-2-1-3-8(9)7-12-10/h1-4H,5-7H2,(H,12,13). The summed E-state index contributed by atoms with van der Waals surface area (Å²) in [5, 5.41) is 2.89. The first-order valence-corrected chi connectivity index (χ1v) is 4.85.